The minimum atomic E-state index is -0.914. The van der Waals surface area contributed by atoms with Gasteiger partial charge in [-0.3, -0.25) is 0 Å². The average Bonchev–Trinajstić information content (AvgIpc) is 3.28. The molecule has 11 heteroatoms. The van der Waals surface area contributed by atoms with E-state index >= 15 is 0 Å². The SMILES string of the molecule is Cc1ccc(C#N)cc1Nc1nccc(-c2cc(C#N)c3c(c2)[C@@](C)(COC(=O)[C@H](C)NC(=O)OC(C)(C)C)CN3)n1. The Morgan fingerprint density at radius 3 is 2.62 bits per heavy atom. The van der Waals surface area contributed by atoms with Crippen LogP contribution < -0.4 is 16.0 Å². The molecule has 1 aromatic heterocycles. The van der Waals surface area contributed by atoms with Crippen molar-refractivity contribution in [1.82, 2.24) is 15.3 Å². The van der Waals surface area contributed by atoms with E-state index in [1.54, 1.807) is 51.2 Å². The van der Waals surface area contributed by atoms with Crippen LogP contribution in [0.3, 0.4) is 0 Å². The number of benzene rings is 2. The molecule has 1 aliphatic rings. The van der Waals surface area contributed by atoms with Crippen molar-refractivity contribution in [3.8, 4) is 23.4 Å². The molecule has 3 N–H and O–H groups in total. The highest BCUT2D eigenvalue weighted by Crippen LogP contribution is 2.41. The van der Waals surface area contributed by atoms with Crippen molar-refractivity contribution >= 4 is 29.4 Å². The Hall–Kier alpha value is -5.16. The van der Waals surface area contributed by atoms with E-state index in [1.165, 1.54) is 6.92 Å². The molecule has 1 amide bonds. The van der Waals surface area contributed by atoms with Crippen LogP contribution in [-0.4, -0.2) is 46.8 Å². The number of nitrogens with zero attached hydrogens (tertiary/aromatic N) is 4. The second kappa shape index (κ2) is 11.8. The van der Waals surface area contributed by atoms with E-state index in [0.717, 1.165) is 11.1 Å². The van der Waals surface area contributed by atoms with Crippen molar-refractivity contribution in [2.24, 2.45) is 0 Å². The van der Waals surface area contributed by atoms with E-state index in [-0.39, 0.29) is 6.61 Å². The van der Waals surface area contributed by atoms with Gasteiger partial charge in [0.15, 0.2) is 0 Å². The molecule has 0 spiro atoms. The molecular weight excluding hydrogens is 534 g/mol. The number of esters is 1. The van der Waals surface area contributed by atoms with Gasteiger partial charge in [-0.2, -0.15) is 10.5 Å². The van der Waals surface area contributed by atoms with Crippen molar-refractivity contribution in [2.45, 2.75) is 58.6 Å². The third-order valence-corrected chi connectivity index (χ3v) is 6.75. The number of anilines is 3. The summed E-state index contributed by atoms with van der Waals surface area (Å²) in [5.41, 5.74) is 4.01. The Labute approximate surface area is 244 Å². The molecule has 0 unspecified atom stereocenters. The van der Waals surface area contributed by atoms with Crippen LogP contribution in [-0.2, 0) is 19.7 Å². The normalized spacial score (nSPS) is 16.2. The molecule has 2 heterocycles. The lowest BCUT2D eigenvalue weighted by atomic mass is 9.83. The van der Waals surface area contributed by atoms with Crippen molar-refractivity contribution < 1.29 is 19.1 Å². The van der Waals surface area contributed by atoms with E-state index in [1.807, 2.05) is 26.0 Å². The smallest absolute Gasteiger partial charge is 0.408 e. The van der Waals surface area contributed by atoms with Gasteiger partial charge in [-0.15, -0.1) is 0 Å². The van der Waals surface area contributed by atoms with Gasteiger partial charge in [-0.05, 0) is 76.1 Å². The van der Waals surface area contributed by atoms with Gasteiger partial charge in [0.1, 0.15) is 24.3 Å². The van der Waals surface area contributed by atoms with Gasteiger partial charge in [-0.1, -0.05) is 13.0 Å². The molecule has 2 atom stereocenters. The number of carbonyl (C=O) groups is 2. The van der Waals surface area contributed by atoms with Crippen LogP contribution in [0.25, 0.3) is 11.3 Å². The lowest BCUT2D eigenvalue weighted by Gasteiger charge is -2.26. The Morgan fingerprint density at radius 2 is 1.93 bits per heavy atom. The quantitative estimate of drug-likeness (QED) is 0.328. The molecule has 2 aromatic carbocycles. The molecule has 42 heavy (non-hydrogen) atoms. The average molecular weight is 568 g/mol. The van der Waals surface area contributed by atoms with Crippen molar-refractivity contribution in [3.63, 3.8) is 0 Å². The van der Waals surface area contributed by atoms with Crippen LogP contribution in [0.2, 0.25) is 0 Å². The molecule has 11 nitrogen and oxygen atoms in total. The molecule has 0 saturated carbocycles. The number of aryl methyl sites for hydroxylation is 1. The van der Waals surface area contributed by atoms with Gasteiger partial charge in [-0.25, -0.2) is 19.6 Å². The maximum atomic E-state index is 12.7. The molecule has 1 aliphatic heterocycles. The number of nitriles is 2. The van der Waals surface area contributed by atoms with Gasteiger partial charge in [0.05, 0.1) is 28.6 Å². The first-order valence-corrected chi connectivity index (χ1v) is 13.4. The third-order valence-electron chi connectivity index (χ3n) is 6.75. The summed E-state index contributed by atoms with van der Waals surface area (Å²) in [5, 5.41) is 28.1. The largest absolute Gasteiger partial charge is 0.463 e. The lowest BCUT2D eigenvalue weighted by molar-refractivity contribution is -0.147. The topological polar surface area (TPSA) is 162 Å². The number of hydrogen-bond donors (Lipinski definition) is 3. The predicted octanol–water partition coefficient (Wildman–Crippen LogP) is 5.08. The zero-order chi connectivity index (χ0) is 30.7. The summed E-state index contributed by atoms with van der Waals surface area (Å²) in [5.74, 6) is -0.263. The van der Waals surface area contributed by atoms with Gasteiger partial charge in [0.2, 0.25) is 5.95 Å². The summed E-state index contributed by atoms with van der Waals surface area (Å²) in [6.45, 7) is 11.0. The zero-order valence-corrected chi connectivity index (χ0v) is 24.5. The summed E-state index contributed by atoms with van der Waals surface area (Å²) in [7, 11) is 0. The fraction of sp³-hybridized carbons (Fsp3) is 0.355. The first-order valence-electron chi connectivity index (χ1n) is 13.4. The highest BCUT2D eigenvalue weighted by Gasteiger charge is 2.38. The van der Waals surface area contributed by atoms with E-state index in [9.17, 15) is 20.1 Å². The molecule has 0 fully saturated rings. The van der Waals surface area contributed by atoms with Crippen LogP contribution >= 0.6 is 0 Å². The molecule has 3 aromatic rings. The number of aromatic nitrogens is 2. The minimum absolute atomic E-state index is 0.0194. The highest BCUT2D eigenvalue weighted by atomic mass is 16.6. The van der Waals surface area contributed by atoms with Crippen LogP contribution in [0.5, 0.6) is 0 Å². The van der Waals surface area contributed by atoms with Crippen LogP contribution in [0, 0.1) is 29.6 Å². The fourth-order valence-corrected chi connectivity index (χ4v) is 4.48. The summed E-state index contributed by atoms with van der Waals surface area (Å²) in [6, 6.07) is 14.2. The van der Waals surface area contributed by atoms with Crippen molar-refractivity contribution in [2.75, 3.05) is 23.8 Å². The van der Waals surface area contributed by atoms with Gasteiger partial charge < -0.3 is 25.4 Å². The van der Waals surface area contributed by atoms with Gasteiger partial charge in [0, 0.05) is 29.4 Å². The fourth-order valence-electron chi connectivity index (χ4n) is 4.48. The van der Waals surface area contributed by atoms with E-state index in [0.29, 0.717) is 46.3 Å². The van der Waals surface area contributed by atoms with E-state index < -0.39 is 29.1 Å². The molecule has 216 valence electrons. The highest BCUT2D eigenvalue weighted by molar-refractivity contribution is 5.81. The van der Waals surface area contributed by atoms with Crippen molar-refractivity contribution in [3.05, 3.63) is 64.8 Å². The Kier molecular flexibility index (Phi) is 8.34. The molecule has 4 rings (SSSR count). The number of amides is 1. The van der Waals surface area contributed by atoms with Gasteiger partial charge in [0.25, 0.3) is 0 Å². The second-order valence-electron chi connectivity index (χ2n) is 11.5. The summed E-state index contributed by atoms with van der Waals surface area (Å²) in [6.07, 6.45) is 0.909. The van der Waals surface area contributed by atoms with Crippen LogP contribution in [0.15, 0.2) is 42.6 Å². The number of alkyl carbamates (subject to hydrolysis) is 1. The maximum absolute atomic E-state index is 12.7. The molecule has 0 aliphatic carbocycles. The predicted molar refractivity (Wildman–Crippen MR) is 157 cm³/mol. The number of carbonyl (C=O) groups excluding carboxylic acids is 2. The summed E-state index contributed by atoms with van der Waals surface area (Å²) < 4.78 is 10.8. The Balaban J connectivity index is 1.55. The molecular formula is C31H33N7O4. The monoisotopic (exact) mass is 567 g/mol. The van der Waals surface area contributed by atoms with Crippen molar-refractivity contribution in [1.29, 1.82) is 10.5 Å². The van der Waals surface area contributed by atoms with Crippen LogP contribution in [0.1, 0.15) is 56.9 Å². The lowest BCUT2D eigenvalue weighted by Crippen LogP contribution is -2.43. The number of fused-ring (bicyclic) bond motifs is 1. The van der Waals surface area contributed by atoms with E-state index in [4.69, 9.17) is 9.47 Å². The molecule has 0 bridgehead atoms. The molecule has 0 radical (unpaired) electrons. The minimum Gasteiger partial charge on any atom is -0.463 e. The number of rotatable bonds is 7. The Bertz CT molecular complexity index is 1620. The number of nitrogens with one attached hydrogen (secondary N) is 3. The van der Waals surface area contributed by atoms with E-state index in [2.05, 4.69) is 38.1 Å². The van der Waals surface area contributed by atoms with Crippen LogP contribution in [0.4, 0.5) is 22.1 Å². The molecule has 0 saturated heterocycles. The summed E-state index contributed by atoms with van der Waals surface area (Å²) in [4.78, 5) is 33.8. The van der Waals surface area contributed by atoms with Gasteiger partial charge >= 0.3 is 12.1 Å². The first kappa shape index (κ1) is 29.8. The standard InChI is InChI=1S/C31H33N7O4/c1-18-7-8-20(14-32)11-25(18)38-28-34-10-9-24(37-28)21-12-22(15-33)26-23(13-21)31(6,16-35-26)17-41-27(39)19(2)36-29(40)42-30(3,4)5/h7-13,19,35H,16-17H2,1-6H3,(H,36,40)(H,34,37,38)/t19-,31+/m0/s1. The third kappa shape index (κ3) is 6.76. The summed E-state index contributed by atoms with van der Waals surface area (Å²) >= 11 is 0. The second-order valence-corrected chi connectivity index (χ2v) is 11.5. The first-order chi connectivity index (χ1) is 19.8. The zero-order valence-electron chi connectivity index (χ0n) is 24.5. The Morgan fingerprint density at radius 1 is 1.17 bits per heavy atom. The maximum Gasteiger partial charge on any atom is 0.408 e. The number of ether oxygens (including phenoxy) is 2. The number of hydrogen-bond acceptors (Lipinski definition) is 10.